The summed E-state index contributed by atoms with van der Waals surface area (Å²) in [5, 5.41) is 10.0. The van der Waals surface area contributed by atoms with Crippen molar-refractivity contribution < 1.29 is 0 Å². The summed E-state index contributed by atoms with van der Waals surface area (Å²) in [5.74, 6) is 1.01. The molecule has 3 rings (SSSR count). The van der Waals surface area contributed by atoms with Crippen LogP contribution in [0.2, 0.25) is 0 Å². The summed E-state index contributed by atoms with van der Waals surface area (Å²) in [6.45, 7) is 0. The summed E-state index contributed by atoms with van der Waals surface area (Å²) in [5.41, 5.74) is 1.34. The molecule has 3 heterocycles. The molecule has 0 atom stereocenters. The number of aromatic nitrogens is 3. The van der Waals surface area contributed by atoms with Gasteiger partial charge >= 0.3 is 0 Å². The molecule has 1 aliphatic rings. The normalized spacial score (nSPS) is 13.5. The fraction of sp³-hybridized carbons (Fsp3) is 0.111. The minimum absolute atomic E-state index is 0.881. The molecule has 2 aromatic rings. The first kappa shape index (κ1) is 7.03. The second kappa shape index (κ2) is 2.53. The van der Waals surface area contributed by atoms with Gasteiger partial charge in [0.25, 0.3) is 0 Å². The summed E-state index contributed by atoms with van der Waals surface area (Å²) < 4.78 is 1.96. The Balaban J connectivity index is 2.20. The van der Waals surface area contributed by atoms with E-state index in [0.29, 0.717) is 0 Å². The second-order valence-electron chi connectivity index (χ2n) is 2.96. The fourth-order valence-electron chi connectivity index (χ4n) is 1.48. The van der Waals surface area contributed by atoms with Gasteiger partial charge in [0, 0.05) is 17.5 Å². The van der Waals surface area contributed by atoms with E-state index < -0.39 is 0 Å². The van der Waals surface area contributed by atoms with E-state index in [2.05, 4.69) is 27.7 Å². The molecule has 13 heavy (non-hydrogen) atoms. The van der Waals surface area contributed by atoms with Crippen LogP contribution in [0.3, 0.4) is 0 Å². The average molecular weight is 189 g/mol. The summed E-state index contributed by atoms with van der Waals surface area (Å²) in [6.07, 6.45) is 6.74. The van der Waals surface area contributed by atoms with E-state index in [1.165, 1.54) is 10.4 Å². The number of hydrogen-bond acceptors (Lipinski definition) is 3. The molecular weight excluding hydrogens is 182 g/mol. The van der Waals surface area contributed by atoms with E-state index in [0.717, 1.165) is 12.2 Å². The van der Waals surface area contributed by atoms with Gasteiger partial charge in [0.2, 0.25) is 0 Å². The minimum atomic E-state index is 0.881. The monoisotopic (exact) mass is 189 g/mol. The number of hydrogen-bond donors (Lipinski definition) is 0. The first-order valence-corrected chi connectivity index (χ1v) is 4.94. The SMILES string of the molecule is C1=Cn2cnnc2Cc2ccsc21. The lowest BCUT2D eigenvalue weighted by Gasteiger charge is -1.95. The lowest BCUT2D eigenvalue weighted by atomic mass is 10.2. The molecule has 0 aromatic carbocycles. The molecule has 1 aliphatic heterocycles. The van der Waals surface area contributed by atoms with Crippen LogP contribution in [0.4, 0.5) is 0 Å². The van der Waals surface area contributed by atoms with E-state index in [4.69, 9.17) is 0 Å². The van der Waals surface area contributed by atoms with Crippen LogP contribution >= 0.6 is 11.3 Å². The van der Waals surface area contributed by atoms with E-state index >= 15 is 0 Å². The second-order valence-corrected chi connectivity index (χ2v) is 3.90. The van der Waals surface area contributed by atoms with Crippen molar-refractivity contribution in [2.24, 2.45) is 0 Å². The quantitative estimate of drug-likeness (QED) is 0.540. The maximum atomic E-state index is 4.06. The summed E-state index contributed by atoms with van der Waals surface area (Å²) in [6, 6.07) is 2.15. The third-order valence-electron chi connectivity index (χ3n) is 2.16. The van der Waals surface area contributed by atoms with Gasteiger partial charge < -0.3 is 0 Å². The summed E-state index contributed by atoms with van der Waals surface area (Å²) >= 11 is 1.76. The zero-order chi connectivity index (χ0) is 8.67. The average Bonchev–Trinajstić information content (AvgIpc) is 2.72. The minimum Gasteiger partial charge on any atom is -0.292 e. The molecule has 0 radical (unpaired) electrons. The van der Waals surface area contributed by atoms with Crippen LogP contribution < -0.4 is 0 Å². The van der Waals surface area contributed by atoms with Crippen molar-refractivity contribution in [2.45, 2.75) is 6.42 Å². The van der Waals surface area contributed by atoms with Crippen molar-refractivity contribution in [3.8, 4) is 0 Å². The Hall–Kier alpha value is -1.42. The van der Waals surface area contributed by atoms with Crippen molar-refractivity contribution >= 4 is 23.6 Å². The number of thiophene rings is 1. The molecule has 0 amide bonds. The molecule has 0 saturated heterocycles. The number of rotatable bonds is 0. The highest BCUT2D eigenvalue weighted by Crippen LogP contribution is 2.23. The highest BCUT2D eigenvalue weighted by molar-refractivity contribution is 7.11. The van der Waals surface area contributed by atoms with Gasteiger partial charge in [-0.1, -0.05) is 0 Å². The summed E-state index contributed by atoms with van der Waals surface area (Å²) in [7, 11) is 0. The van der Waals surface area contributed by atoms with Crippen LogP contribution in [-0.4, -0.2) is 14.8 Å². The molecule has 0 unspecified atom stereocenters. The van der Waals surface area contributed by atoms with Gasteiger partial charge in [-0.3, -0.25) is 4.57 Å². The highest BCUT2D eigenvalue weighted by atomic mass is 32.1. The zero-order valence-electron chi connectivity index (χ0n) is 6.84. The lowest BCUT2D eigenvalue weighted by Crippen LogP contribution is -1.94. The Labute approximate surface area is 79.4 Å². The maximum Gasteiger partial charge on any atom is 0.141 e. The van der Waals surface area contributed by atoms with Crippen LogP contribution in [0, 0.1) is 0 Å². The third kappa shape index (κ3) is 1.02. The van der Waals surface area contributed by atoms with E-state index in [1.54, 1.807) is 17.7 Å². The fourth-order valence-corrected chi connectivity index (χ4v) is 2.29. The van der Waals surface area contributed by atoms with Gasteiger partial charge in [0.1, 0.15) is 12.2 Å². The predicted octanol–water partition coefficient (Wildman–Crippen LogP) is 1.87. The van der Waals surface area contributed by atoms with Crippen LogP contribution in [0.15, 0.2) is 17.8 Å². The van der Waals surface area contributed by atoms with Crippen molar-refractivity contribution in [1.29, 1.82) is 0 Å². The first-order valence-electron chi connectivity index (χ1n) is 4.06. The smallest absolute Gasteiger partial charge is 0.141 e. The zero-order valence-corrected chi connectivity index (χ0v) is 7.66. The van der Waals surface area contributed by atoms with Crippen LogP contribution in [0.25, 0.3) is 12.3 Å². The topological polar surface area (TPSA) is 30.7 Å². The van der Waals surface area contributed by atoms with Gasteiger partial charge in [0.05, 0.1) is 0 Å². The van der Waals surface area contributed by atoms with E-state index in [1.807, 2.05) is 10.8 Å². The van der Waals surface area contributed by atoms with Crippen LogP contribution in [0.1, 0.15) is 16.3 Å². The van der Waals surface area contributed by atoms with Gasteiger partial charge in [0.15, 0.2) is 0 Å². The Morgan fingerprint density at radius 3 is 3.46 bits per heavy atom. The molecule has 3 nitrogen and oxygen atoms in total. The van der Waals surface area contributed by atoms with Crippen LogP contribution in [0.5, 0.6) is 0 Å². The molecule has 0 aliphatic carbocycles. The Bertz CT molecular complexity index is 424. The molecule has 2 aromatic heterocycles. The van der Waals surface area contributed by atoms with Gasteiger partial charge in [-0.15, -0.1) is 21.5 Å². The molecule has 0 bridgehead atoms. The molecule has 4 heteroatoms. The molecule has 0 saturated carbocycles. The van der Waals surface area contributed by atoms with Crippen molar-refractivity contribution in [2.75, 3.05) is 0 Å². The van der Waals surface area contributed by atoms with E-state index in [9.17, 15) is 0 Å². The lowest BCUT2D eigenvalue weighted by molar-refractivity contribution is 0.941. The Kier molecular flexibility index (Phi) is 1.37. The van der Waals surface area contributed by atoms with Crippen molar-refractivity contribution in [3.63, 3.8) is 0 Å². The Morgan fingerprint density at radius 1 is 1.46 bits per heavy atom. The van der Waals surface area contributed by atoms with Gasteiger partial charge in [-0.2, -0.15) is 0 Å². The third-order valence-corrected chi connectivity index (χ3v) is 3.09. The molecule has 64 valence electrons. The predicted molar refractivity (Wildman–Crippen MR) is 52.4 cm³/mol. The largest absolute Gasteiger partial charge is 0.292 e. The van der Waals surface area contributed by atoms with Crippen molar-refractivity contribution in [3.05, 3.63) is 34.0 Å². The molecular formula is C9H7N3S. The van der Waals surface area contributed by atoms with Crippen LogP contribution in [-0.2, 0) is 6.42 Å². The van der Waals surface area contributed by atoms with Crippen molar-refractivity contribution in [1.82, 2.24) is 14.8 Å². The molecule has 0 N–H and O–H groups in total. The van der Waals surface area contributed by atoms with Gasteiger partial charge in [-0.05, 0) is 23.1 Å². The Morgan fingerprint density at radius 2 is 2.46 bits per heavy atom. The maximum absolute atomic E-state index is 4.06. The van der Waals surface area contributed by atoms with Gasteiger partial charge in [-0.25, -0.2) is 0 Å². The molecule has 0 fully saturated rings. The highest BCUT2D eigenvalue weighted by Gasteiger charge is 2.10. The number of fused-ring (bicyclic) bond motifs is 2. The number of nitrogens with zero attached hydrogens (tertiary/aromatic N) is 3. The standard InChI is InChI=1S/C9H7N3S/c1-3-12-6-10-11-9(12)5-7-2-4-13-8(1)7/h1-4,6H,5H2. The first-order chi connectivity index (χ1) is 6.43. The van der Waals surface area contributed by atoms with E-state index in [-0.39, 0.29) is 0 Å². The summed E-state index contributed by atoms with van der Waals surface area (Å²) in [4.78, 5) is 1.32. The molecule has 0 spiro atoms.